The molecule has 0 aromatic carbocycles. The summed E-state index contributed by atoms with van der Waals surface area (Å²) in [6.45, 7) is 5.64. The van der Waals surface area contributed by atoms with E-state index in [1.165, 1.54) is 7.11 Å². The number of nitrogens with zero attached hydrogens (tertiary/aromatic N) is 1. The molecular formula is C45H81N7O23. The van der Waals surface area contributed by atoms with Gasteiger partial charge in [-0.2, -0.15) is 0 Å². The van der Waals surface area contributed by atoms with Crippen molar-refractivity contribution in [2.75, 3.05) is 211 Å². The Morgan fingerprint density at radius 2 is 0.627 bits per heavy atom. The highest BCUT2D eigenvalue weighted by atomic mass is 16.6. The lowest BCUT2D eigenvalue weighted by atomic mass is 10.4. The number of amides is 6. The quantitative estimate of drug-likeness (QED) is 0.0195. The lowest BCUT2D eigenvalue weighted by Crippen LogP contribution is -2.42. The van der Waals surface area contributed by atoms with E-state index in [1.807, 2.05) is 13.8 Å². The van der Waals surface area contributed by atoms with E-state index in [4.69, 9.17) is 61.6 Å². The molecule has 0 bridgehead atoms. The third kappa shape index (κ3) is 50.4. The molecule has 0 rings (SSSR count). The zero-order valence-corrected chi connectivity index (χ0v) is 43.7. The van der Waals surface area contributed by atoms with Crippen LogP contribution in [0.15, 0.2) is 0 Å². The van der Waals surface area contributed by atoms with Crippen LogP contribution in [0.5, 0.6) is 0 Å². The highest BCUT2D eigenvalue weighted by Crippen LogP contribution is 1.94. The Hall–Kier alpha value is -5.57. The fourth-order valence-corrected chi connectivity index (χ4v) is 5.04. The number of carbonyl (C=O) groups excluding carboxylic acids is 9. The van der Waals surface area contributed by atoms with Crippen LogP contribution >= 0.6 is 0 Å². The summed E-state index contributed by atoms with van der Waals surface area (Å²) in [7, 11) is 1.21. The molecule has 0 atom stereocenters. The molecule has 0 aromatic rings. The van der Waals surface area contributed by atoms with Crippen LogP contribution < -0.4 is 31.9 Å². The molecule has 75 heavy (non-hydrogen) atoms. The van der Waals surface area contributed by atoms with Crippen molar-refractivity contribution in [3.8, 4) is 0 Å². The first-order valence-corrected chi connectivity index (χ1v) is 24.6. The third-order valence-corrected chi connectivity index (χ3v) is 8.59. The smallest absolute Gasteiger partial charge is 0.407 e. The maximum absolute atomic E-state index is 12.8. The van der Waals surface area contributed by atoms with Gasteiger partial charge in [0.25, 0.3) is 0 Å². The predicted octanol–water partition coefficient (Wildman–Crippen LogP) is -3.57. The Kier molecular flexibility index (Phi) is 48.0. The largest absolute Gasteiger partial charge is 0.467 e. The number of alkyl carbamates (subject to hydrolysis) is 2. The summed E-state index contributed by atoms with van der Waals surface area (Å²) in [5.74, 6) is -3.94. The van der Waals surface area contributed by atoms with Crippen LogP contribution in [-0.2, 0) is 99.9 Å². The molecule has 434 valence electrons. The van der Waals surface area contributed by atoms with E-state index in [1.54, 1.807) is 4.90 Å². The molecule has 0 saturated heterocycles. The van der Waals surface area contributed by atoms with Crippen molar-refractivity contribution in [1.82, 2.24) is 36.8 Å². The summed E-state index contributed by atoms with van der Waals surface area (Å²) in [4.78, 5) is 109. The average molecular weight is 1090 g/mol. The molecule has 30 heteroatoms. The van der Waals surface area contributed by atoms with Gasteiger partial charge in [0.1, 0.15) is 52.9 Å². The van der Waals surface area contributed by atoms with Crippen LogP contribution in [0.25, 0.3) is 0 Å². The number of carbonyl (C=O) groups is 9. The van der Waals surface area contributed by atoms with E-state index in [-0.39, 0.29) is 152 Å². The molecule has 0 fully saturated rings. The Morgan fingerprint density at radius 1 is 0.320 bits per heavy atom. The topological polar surface area (TPSA) is 358 Å². The SMILES string of the molecule is CCCOC(=O)NCCOCCOCCNC(=O)COCC(=O)OCCN(CCOC(=O)COCC(=O)NCCOCCOCCNC(=O)OCCC)CC(=O)NCCOCCOCCNC(=O)COCC(=O)OC. The maximum atomic E-state index is 12.8. The van der Waals surface area contributed by atoms with Gasteiger partial charge < -0.3 is 98.2 Å². The van der Waals surface area contributed by atoms with Gasteiger partial charge in [0.05, 0.1) is 106 Å². The van der Waals surface area contributed by atoms with E-state index >= 15 is 0 Å². The van der Waals surface area contributed by atoms with Crippen molar-refractivity contribution in [3.63, 3.8) is 0 Å². The number of hydrogen-bond donors (Lipinski definition) is 6. The van der Waals surface area contributed by atoms with Crippen molar-refractivity contribution >= 4 is 53.7 Å². The molecule has 0 unspecified atom stereocenters. The van der Waals surface area contributed by atoms with Gasteiger partial charge in [-0.1, -0.05) is 13.8 Å². The van der Waals surface area contributed by atoms with Crippen molar-refractivity contribution in [3.05, 3.63) is 0 Å². The van der Waals surface area contributed by atoms with Crippen molar-refractivity contribution < 1.29 is 109 Å². The van der Waals surface area contributed by atoms with Gasteiger partial charge in [0, 0.05) is 52.4 Å². The van der Waals surface area contributed by atoms with Crippen LogP contribution in [0.3, 0.4) is 0 Å². The first-order valence-electron chi connectivity index (χ1n) is 24.6. The number of ether oxygens (including phenoxy) is 14. The Balaban J connectivity index is 4.52. The molecule has 0 saturated carbocycles. The monoisotopic (exact) mass is 1090 g/mol. The summed E-state index contributed by atoms with van der Waals surface area (Å²) in [5.41, 5.74) is 0. The number of methoxy groups -OCH3 is 1. The van der Waals surface area contributed by atoms with Crippen LogP contribution in [0.4, 0.5) is 9.59 Å². The van der Waals surface area contributed by atoms with Crippen LogP contribution in [0.1, 0.15) is 26.7 Å². The van der Waals surface area contributed by atoms with Crippen molar-refractivity contribution in [2.24, 2.45) is 0 Å². The van der Waals surface area contributed by atoms with Gasteiger partial charge in [-0.25, -0.2) is 24.0 Å². The molecule has 0 aromatic heterocycles. The molecule has 0 aliphatic rings. The Labute approximate surface area is 437 Å². The third-order valence-electron chi connectivity index (χ3n) is 8.59. The number of esters is 3. The molecule has 0 heterocycles. The zero-order valence-electron chi connectivity index (χ0n) is 43.7. The minimum atomic E-state index is -0.768. The van der Waals surface area contributed by atoms with Crippen LogP contribution in [0.2, 0.25) is 0 Å². The second-order valence-electron chi connectivity index (χ2n) is 15.0. The van der Waals surface area contributed by atoms with Gasteiger partial charge in [0.2, 0.25) is 23.6 Å². The van der Waals surface area contributed by atoms with E-state index < -0.39 is 80.2 Å². The lowest BCUT2D eigenvalue weighted by Gasteiger charge is -2.21. The summed E-state index contributed by atoms with van der Waals surface area (Å²) in [6, 6.07) is 0. The second kappa shape index (κ2) is 51.9. The molecule has 0 spiro atoms. The predicted molar refractivity (Wildman–Crippen MR) is 259 cm³/mol. The first kappa shape index (κ1) is 69.4. The highest BCUT2D eigenvalue weighted by molar-refractivity contribution is 5.79. The molecular weight excluding hydrogens is 1010 g/mol. The standard InChI is InChI=1S/C45H81N7O23/c1-4-14-74-44(60)50-10-20-67-28-26-65-18-8-48-39(55)32-70-35-42(58)72-22-12-52(30-37(53)46-6-16-63-24-25-64-17-7-47-38(54)31-69-34-41(57)62-3)13-23-73-43(59)36-71-33-40(56)49-9-19-66-27-29-68-21-11-51-45(61)75-15-5-2/h4-36H2,1-3H3,(H,46,53)(H,47,54)(H,48,55)(H,49,56)(H,50,60)(H,51,61). The maximum Gasteiger partial charge on any atom is 0.407 e. The number of rotatable bonds is 51. The Bertz CT molecular complexity index is 1480. The zero-order chi connectivity index (χ0) is 55.3. The van der Waals surface area contributed by atoms with E-state index in [0.29, 0.717) is 26.3 Å². The lowest BCUT2D eigenvalue weighted by molar-refractivity contribution is -0.151. The molecule has 0 aliphatic carbocycles. The van der Waals surface area contributed by atoms with Gasteiger partial charge in [-0.05, 0) is 12.8 Å². The van der Waals surface area contributed by atoms with Gasteiger partial charge >= 0.3 is 30.1 Å². The molecule has 6 N–H and O–H groups in total. The molecule has 0 radical (unpaired) electrons. The summed E-state index contributed by atoms with van der Waals surface area (Å²) < 4.78 is 72.1. The fourth-order valence-electron chi connectivity index (χ4n) is 5.04. The van der Waals surface area contributed by atoms with Crippen LogP contribution in [0, 0.1) is 0 Å². The summed E-state index contributed by atoms with van der Waals surface area (Å²) in [6.07, 6.45) is 0.446. The summed E-state index contributed by atoms with van der Waals surface area (Å²) in [5, 5.41) is 15.5. The molecule has 0 aliphatic heterocycles. The average Bonchev–Trinajstić information content (AvgIpc) is 3.38. The first-order chi connectivity index (χ1) is 36.4. The van der Waals surface area contributed by atoms with Crippen LogP contribution in [-0.4, -0.2) is 270 Å². The molecule has 30 nitrogen and oxygen atoms in total. The normalized spacial score (nSPS) is 10.8. The fraction of sp³-hybridized carbons (Fsp3) is 0.800. The van der Waals surface area contributed by atoms with Gasteiger partial charge in [-0.15, -0.1) is 0 Å². The molecule has 6 amide bonds. The summed E-state index contributed by atoms with van der Waals surface area (Å²) >= 11 is 0. The van der Waals surface area contributed by atoms with Gasteiger partial charge in [-0.3, -0.25) is 24.1 Å². The highest BCUT2D eigenvalue weighted by Gasteiger charge is 2.15. The van der Waals surface area contributed by atoms with Gasteiger partial charge in [0.15, 0.2) is 0 Å². The van der Waals surface area contributed by atoms with E-state index in [9.17, 15) is 43.2 Å². The number of nitrogens with one attached hydrogen (secondary N) is 6. The van der Waals surface area contributed by atoms with E-state index in [2.05, 4.69) is 36.6 Å². The minimum absolute atomic E-state index is 0.0453. The van der Waals surface area contributed by atoms with Crippen molar-refractivity contribution in [2.45, 2.75) is 26.7 Å². The van der Waals surface area contributed by atoms with E-state index in [0.717, 1.165) is 12.8 Å². The second-order valence-corrected chi connectivity index (χ2v) is 15.0. The number of hydrogen-bond acceptors (Lipinski definition) is 24. The minimum Gasteiger partial charge on any atom is -0.467 e. The Morgan fingerprint density at radius 3 is 0.947 bits per heavy atom. The van der Waals surface area contributed by atoms with Crippen molar-refractivity contribution in [1.29, 1.82) is 0 Å².